The number of hydrogen-bond acceptors (Lipinski definition) is 7. The number of benzene rings is 2. The van der Waals surface area contributed by atoms with Crippen LogP contribution in [-0.4, -0.2) is 38.0 Å². The number of aryl methyl sites for hydroxylation is 1. The van der Waals surface area contributed by atoms with Gasteiger partial charge >= 0.3 is 5.69 Å². The highest BCUT2D eigenvalue weighted by atomic mass is 35.5. The van der Waals surface area contributed by atoms with E-state index >= 15 is 0 Å². The minimum absolute atomic E-state index is 0.112. The maximum absolute atomic E-state index is 12.8. The quantitative estimate of drug-likeness (QED) is 0.452. The molecule has 2 aromatic heterocycles. The molecular weight excluding hydrogens is 461 g/mol. The predicted molar refractivity (Wildman–Crippen MR) is 132 cm³/mol. The maximum Gasteiger partial charge on any atom is 0.355 e. The molecule has 0 fully saturated rings. The first-order chi connectivity index (χ1) is 15.9. The van der Waals surface area contributed by atoms with Crippen LogP contribution in [0.4, 0.5) is 17.5 Å². The number of aromatic nitrogens is 4. The van der Waals surface area contributed by atoms with Gasteiger partial charge in [0.1, 0.15) is 5.82 Å². The predicted octanol–water partition coefficient (Wildman–Crippen LogP) is 4.19. The molecule has 0 bridgehead atoms. The Morgan fingerprint density at radius 2 is 1.88 bits per heavy atom. The SMILES string of the molecule is CN1CCCc2cc(Nc3ncc4c(N)n(-c5c(Cl)cccc5Cl)c(=O)nc4n3)ccc2C1. The van der Waals surface area contributed by atoms with Crippen molar-refractivity contribution in [3.05, 3.63) is 74.3 Å². The zero-order valence-corrected chi connectivity index (χ0v) is 19.4. The van der Waals surface area contributed by atoms with E-state index < -0.39 is 5.69 Å². The van der Waals surface area contributed by atoms with E-state index in [1.165, 1.54) is 21.9 Å². The average molecular weight is 482 g/mol. The summed E-state index contributed by atoms with van der Waals surface area (Å²) in [6.45, 7) is 2.02. The molecule has 0 amide bonds. The molecule has 0 radical (unpaired) electrons. The van der Waals surface area contributed by atoms with Gasteiger partial charge < -0.3 is 16.0 Å². The van der Waals surface area contributed by atoms with Crippen molar-refractivity contribution in [2.45, 2.75) is 19.4 Å². The van der Waals surface area contributed by atoms with E-state index in [0.717, 1.165) is 31.6 Å². The van der Waals surface area contributed by atoms with Gasteiger partial charge in [0.05, 0.1) is 21.1 Å². The fraction of sp³-hybridized carbons (Fsp3) is 0.217. The van der Waals surface area contributed by atoms with E-state index in [-0.39, 0.29) is 27.2 Å². The number of fused-ring (bicyclic) bond motifs is 2. The van der Waals surface area contributed by atoms with Crippen LogP contribution in [0.2, 0.25) is 10.0 Å². The van der Waals surface area contributed by atoms with Gasteiger partial charge in [-0.3, -0.25) is 0 Å². The van der Waals surface area contributed by atoms with Crippen LogP contribution in [0.1, 0.15) is 17.5 Å². The summed E-state index contributed by atoms with van der Waals surface area (Å²) in [6, 6.07) is 11.2. The van der Waals surface area contributed by atoms with Gasteiger partial charge in [-0.1, -0.05) is 35.3 Å². The molecule has 3 heterocycles. The van der Waals surface area contributed by atoms with Crippen LogP contribution in [0.15, 0.2) is 47.4 Å². The van der Waals surface area contributed by atoms with Crippen molar-refractivity contribution in [2.24, 2.45) is 0 Å². The summed E-state index contributed by atoms with van der Waals surface area (Å²) in [6.07, 6.45) is 3.67. The van der Waals surface area contributed by atoms with Gasteiger partial charge in [-0.2, -0.15) is 9.97 Å². The van der Waals surface area contributed by atoms with Crippen LogP contribution in [0, 0.1) is 0 Å². The second kappa shape index (κ2) is 8.62. The van der Waals surface area contributed by atoms with Crippen molar-refractivity contribution >= 4 is 51.7 Å². The molecule has 5 rings (SSSR count). The Morgan fingerprint density at radius 1 is 1.09 bits per heavy atom. The summed E-state index contributed by atoms with van der Waals surface area (Å²) in [5, 5.41) is 4.20. The van der Waals surface area contributed by atoms with E-state index in [1.807, 2.05) is 6.07 Å². The Bertz CT molecular complexity index is 1420. The van der Waals surface area contributed by atoms with Gasteiger partial charge in [-0.25, -0.2) is 14.3 Å². The second-order valence-corrected chi connectivity index (χ2v) is 8.88. The Hall–Kier alpha value is -3.20. The Kier molecular flexibility index (Phi) is 5.65. The third kappa shape index (κ3) is 4.13. The molecule has 0 saturated carbocycles. The van der Waals surface area contributed by atoms with E-state index in [1.54, 1.807) is 18.2 Å². The normalized spacial score (nSPS) is 14.2. The summed E-state index contributed by atoms with van der Waals surface area (Å²) < 4.78 is 1.17. The summed E-state index contributed by atoms with van der Waals surface area (Å²) in [5.41, 5.74) is 9.64. The molecule has 0 spiro atoms. The standard InChI is InChI=1S/C23H21Cl2N7O/c1-31-9-3-4-13-10-15(8-7-14(13)12-31)28-22-27-11-16-20(26)32(23(33)30-21(16)29-22)19-17(24)5-2-6-18(19)25/h2,5-8,10-11H,3-4,9,12,26H2,1H3,(H,28,29,30,33). The molecule has 0 atom stereocenters. The molecule has 10 heteroatoms. The lowest BCUT2D eigenvalue weighted by Gasteiger charge is -2.15. The number of rotatable bonds is 3. The zero-order valence-electron chi connectivity index (χ0n) is 17.8. The lowest BCUT2D eigenvalue weighted by atomic mass is 10.0. The third-order valence-electron chi connectivity index (χ3n) is 5.73. The fourth-order valence-corrected chi connectivity index (χ4v) is 4.68. The summed E-state index contributed by atoms with van der Waals surface area (Å²) >= 11 is 12.5. The molecule has 33 heavy (non-hydrogen) atoms. The molecule has 4 aromatic rings. The highest BCUT2D eigenvalue weighted by molar-refractivity contribution is 6.37. The van der Waals surface area contributed by atoms with Crippen molar-refractivity contribution in [2.75, 3.05) is 24.6 Å². The van der Waals surface area contributed by atoms with Gasteiger partial charge in [-0.05, 0) is 61.8 Å². The Labute approximate surface area is 200 Å². The van der Waals surface area contributed by atoms with Crippen LogP contribution < -0.4 is 16.7 Å². The van der Waals surface area contributed by atoms with Crippen molar-refractivity contribution in [1.29, 1.82) is 0 Å². The lowest BCUT2D eigenvalue weighted by Crippen LogP contribution is -2.25. The van der Waals surface area contributed by atoms with Crippen molar-refractivity contribution in [3.8, 4) is 5.69 Å². The minimum Gasteiger partial charge on any atom is -0.384 e. The highest BCUT2D eigenvalue weighted by Crippen LogP contribution is 2.30. The topological polar surface area (TPSA) is 102 Å². The summed E-state index contributed by atoms with van der Waals surface area (Å²) in [7, 11) is 2.14. The van der Waals surface area contributed by atoms with Crippen molar-refractivity contribution in [1.82, 2.24) is 24.4 Å². The van der Waals surface area contributed by atoms with Crippen LogP contribution in [0.5, 0.6) is 0 Å². The zero-order chi connectivity index (χ0) is 23.1. The first-order valence-electron chi connectivity index (χ1n) is 10.5. The van der Waals surface area contributed by atoms with Crippen LogP contribution in [0.25, 0.3) is 16.7 Å². The second-order valence-electron chi connectivity index (χ2n) is 8.07. The molecule has 0 saturated heterocycles. The highest BCUT2D eigenvalue weighted by Gasteiger charge is 2.18. The van der Waals surface area contributed by atoms with Crippen molar-refractivity contribution < 1.29 is 0 Å². The number of nitrogens with two attached hydrogens (primary N) is 1. The van der Waals surface area contributed by atoms with Crippen molar-refractivity contribution in [3.63, 3.8) is 0 Å². The molecular formula is C23H21Cl2N7O. The average Bonchev–Trinajstić information content (AvgIpc) is 2.95. The smallest absolute Gasteiger partial charge is 0.355 e. The van der Waals surface area contributed by atoms with E-state index in [0.29, 0.717) is 11.3 Å². The molecule has 2 aromatic carbocycles. The monoisotopic (exact) mass is 481 g/mol. The number of nitrogens with one attached hydrogen (secondary N) is 1. The molecule has 3 N–H and O–H groups in total. The van der Waals surface area contributed by atoms with Crippen LogP contribution >= 0.6 is 23.2 Å². The number of nitrogens with zero attached hydrogens (tertiary/aromatic N) is 5. The first kappa shape index (κ1) is 21.6. The van der Waals surface area contributed by atoms with E-state index in [4.69, 9.17) is 28.9 Å². The summed E-state index contributed by atoms with van der Waals surface area (Å²) in [4.78, 5) is 28.0. The Balaban J connectivity index is 1.51. The van der Waals surface area contributed by atoms with Gasteiger partial charge in [-0.15, -0.1) is 0 Å². The molecule has 1 aliphatic rings. The molecule has 1 aliphatic heterocycles. The molecule has 8 nitrogen and oxygen atoms in total. The largest absolute Gasteiger partial charge is 0.384 e. The van der Waals surface area contributed by atoms with E-state index in [2.05, 4.69) is 44.3 Å². The van der Waals surface area contributed by atoms with Gasteiger partial charge in [0.2, 0.25) is 5.95 Å². The number of anilines is 3. The third-order valence-corrected chi connectivity index (χ3v) is 6.34. The Morgan fingerprint density at radius 3 is 2.67 bits per heavy atom. The minimum atomic E-state index is -0.631. The van der Waals surface area contributed by atoms with Gasteiger partial charge in [0, 0.05) is 18.4 Å². The van der Waals surface area contributed by atoms with Crippen LogP contribution in [0.3, 0.4) is 0 Å². The maximum atomic E-state index is 12.8. The fourth-order valence-electron chi connectivity index (χ4n) is 4.11. The van der Waals surface area contributed by atoms with Gasteiger partial charge in [0.15, 0.2) is 5.65 Å². The lowest BCUT2D eigenvalue weighted by molar-refractivity contribution is 0.332. The van der Waals surface area contributed by atoms with E-state index in [9.17, 15) is 4.79 Å². The molecule has 0 unspecified atom stereocenters. The van der Waals surface area contributed by atoms with Crippen LogP contribution in [-0.2, 0) is 13.0 Å². The molecule has 0 aliphatic carbocycles. The number of halogens is 2. The molecule has 168 valence electrons. The number of nitrogen functional groups attached to an aromatic ring is 1. The number of para-hydroxylation sites is 1. The summed E-state index contributed by atoms with van der Waals surface area (Å²) in [5.74, 6) is 0.439. The first-order valence-corrected chi connectivity index (χ1v) is 11.2. The number of hydrogen-bond donors (Lipinski definition) is 2. The van der Waals surface area contributed by atoms with Gasteiger partial charge in [0.25, 0.3) is 0 Å².